The van der Waals surface area contributed by atoms with Crippen molar-refractivity contribution in [1.29, 1.82) is 0 Å². The average Bonchev–Trinajstić information content (AvgIpc) is 2.17. The highest BCUT2D eigenvalue weighted by Crippen LogP contribution is 2.08. The third-order valence-corrected chi connectivity index (χ3v) is 1.93. The lowest BCUT2D eigenvalue weighted by Crippen LogP contribution is -2.20. The van der Waals surface area contributed by atoms with Gasteiger partial charge in [-0.15, -0.1) is 0 Å². The van der Waals surface area contributed by atoms with Gasteiger partial charge in [0.2, 0.25) is 0 Å². The fourth-order valence-corrected chi connectivity index (χ4v) is 1.01. The first kappa shape index (κ1) is 9.86. The van der Waals surface area contributed by atoms with E-state index in [0.29, 0.717) is 12.1 Å². The molecule has 0 saturated heterocycles. The molecule has 0 radical (unpaired) electrons. The number of hydrogen-bond acceptors (Lipinski definition) is 2. The lowest BCUT2D eigenvalue weighted by atomic mass is 10.00. The molecule has 1 aromatic rings. The third kappa shape index (κ3) is 2.36. The molecule has 0 bridgehead atoms. The van der Waals surface area contributed by atoms with E-state index in [0.717, 1.165) is 0 Å². The second-order valence-electron chi connectivity index (χ2n) is 3.01. The van der Waals surface area contributed by atoms with E-state index in [1.54, 1.807) is 6.92 Å². The summed E-state index contributed by atoms with van der Waals surface area (Å²) in [6, 6.07) is 5.50. The van der Waals surface area contributed by atoms with E-state index < -0.39 is 0 Å². The molecule has 0 aliphatic heterocycles. The first-order valence-electron chi connectivity index (χ1n) is 4.15. The van der Waals surface area contributed by atoms with E-state index in [4.69, 9.17) is 5.73 Å². The molecule has 2 N–H and O–H groups in total. The standard InChI is InChI=1S/C10H12FNO/c1-7(6-12)10(13)8-2-4-9(11)5-3-8/h2-5,7H,6,12H2,1H3. The Balaban J connectivity index is 2.83. The molecule has 1 aromatic carbocycles. The number of rotatable bonds is 3. The van der Waals surface area contributed by atoms with Crippen molar-refractivity contribution in [2.24, 2.45) is 11.7 Å². The average molecular weight is 181 g/mol. The van der Waals surface area contributed by atoms with Crippen LogP contribution in [0.2, 0.25) is 0 Å². The zero-order valence-electron chi connectivity index (χ0n) is 7.46. The Morgan fingerprint density at radius 2 is 2.00 bits per heavy atom. The predicted molar refractivity (Wildman–Crippen MR) is 48.9 cm³/mol. The Morgan fingerprint density at radius 3 is 2.46 bits per heavy atom. The first-order chi connectivity index (χ1) is 6.15. The summed E-state index contributed by atoms with van der Waals surface area (Å²) in [4.78, 5) is 11.5. The van der Waals surface area contributed by atoms with E-state index in [-0.39, 0.29) is 17.5 Å². The van der Waals surface area contributed by atoms with Crippen molar-refractivity contribution in [1.82, 2.24) is 0 Å². The van der Waals surface area contributed by atoms with Gasteiger partial charge in [0.25, 0.3) is 0 Å². The lowest BCUT2D eigenvalue weighted by Gasteiger charge is -2.06. The lowest BCUT2D eigenvalue weighted by molar-refractivity contribution is 0.0934. The fraction of sp³-hybridized carbons (Fsp3) is 0.300. The van der Waals surface area contributed by atoms with Gasteiger partial charge in [-0.05, 0) is 24.3 Å². The van der Waals surface area contributed by atoms with Crippen LogP contribution in [0.15, 0.2) is 24.3 Å². The molecule has 0 spiro atoms. The van der Waals surface area contributed by atoms with Crippen molar-refractivity contribution in [3.8, 4) is 0 Å². The van der Waals surface area contributed by atoms with E-state index in [1.807, 2.05) is 0 Å². The number of ketones is 1. The van der Waals surface area contributed by atoms with E-state index in [1.165, 1.54) is 24.3 Å². The van der Waals surface area contributed by atoms with Crippen LogP contribution in [0.3, 0.4) is 0 Å². The summed E-state index contributed by atoms with van der Waals surface area (Å²) in [5, 5.41) is 0. The predicted octanol–water partition coefficient (Wildman–Crippen LogP) is 1.60. The maximum Gasteiger partial charge on any atom is 0.166 e. The second-order valence-corrected chi connectivity index (χ2v) is 3.01. The van der Waals surface area contributed by atoms with Gasteiger partial charge in [0.05, 0.1) is 0 Å². The molecule has 0 saturated carbocycles. The molecule has 1 atom stereocenters. The molecule has 0 aromatic heterocycles. The van der Waals surface area contributed by atoms with Crippen LogP contribution in [0.25, 0.3) is 0 Å². The van der Waals surface area contributed by atoms with Crippen molar-refractivity contribution in [2.75, 3.05) is 6.54 Å². The Hall–Kier alpha value is -1.22. The Kier molecular flexibility index (Phi) is 3.14. The van der Waals surface area contributed by atoms with E-state index in [2.05, 4.69) is 0 Å². The highest BCUT2D eigenvalue weighted by atomic mass is 19.1. The third-order valence-electron chi connectivity index (χ3n) is 1.93. The van der Waals surface area contributed by atoms with Gasteiger partial charge in [0, 0.05) is 18.0 Å². The number of benzene rings is 1. The van der Waals surface area contributed by atoms with Crippen LogP contribution in [-0.4, -0.2) is 12.3 Å². The maximum absolute atomic E-state index is 12.5. The normalized spacial score (nSPS) is 12.5. The Morgan fingerprint density at radius 1 is 1.46 bits per heavy atom. The number of carbonyl (C=O) groups excluding carboxylic acids is 1. The summed E-state index contributed by atoms with van der Waals surface area (Å²) in [5.74, 6) is -0.579. The molecule has 0 fully saturated rings. The van der Waals surface area contributed by atoms with Gasteiger partial charge in [-0.25, -0.2) is 4.39 Å². The molecule has 0 aliphatic rings. The fourth-order valence-electron chi connectivity index (χ4n) is 1.01. The zero-order valence-corrected chi connectivity index (χ0v) is 7.46. The largest absolute Gasteiger partial charge is 0.330 e. The van der Waals surface area contributed by atoms with Gasteiger partial charge < -0.3 is 5.73 Å². The van der Waals surface area contributed by atoms with Gasteiger partial charge in [-0.2, -0.15) is 0 Å². The SMILES string of the molecule is CC(CN)C(=O)c1ccc(F)cc1. The van der Waals surface area contributed by atoms with Crippen LogP contribution >= 0.6 is 0 Å². The molecular weight excluding hydrogens is 169 g/mol. The molecule has 1 rings (SSSR count). The molecule has 13 heavy (non-hydrogen) atoms. The molecular formula is C10H12FNO. The van der Waals surface area contributed by atoms with Crippen molar-refractivity contribution < 1.29 is 9.18 Å². The number of hydrogen-bond donors (Lipinski definition) is 1. The molecule has 70 valence electrons. The van der Waals surface area contributed by atoms with Gasteiger partial charge in [-0.1, -0.05) is 6.92 Å². The second kappa shape index (κ2) is 4.14. The monoisotopic (exact) mass is 181 g/mol. The van der Waals surface area contributed by atoms with Crippen molar-refractivity contribution in [3.63, 3.8) is 0 Å². The summed E-state index contributed by atoms with van der Waals surface area (Å²) in [7, 11) is 0. The highest BCUT2D eigenvalue weighted by molar-refractivity contribution is 5.97. The molecule has 0 amide bonds. The minimum absolute atomic E-state index is 0.0394. The van der Waals surface area contributed by atoms with Crippen LogP contribution in [0.4, 0.5) is 4.39 Å². The Bertz CT molecular complexity index is 294. The number of Topliss-reactive ketones (excluding diaryl/α,β-unsaturated/α-hetero) is 1. The molecule has 2 nitrogen and oxygen atoms in total. The summed E-state index contributed by atoms with van der Waals surface area (Å²) < 4.78 is 12.5. The molecule has 0 heterocycles. The maximum atomic E-state index is 12.5. The molecule has 1 unspecified atom stereocenters. The van der Waals surface area contributed by atoms with Crippen LogP contribution in [0, 0.1) is 11.7 Å². The molecule has 0 aliphatic carbocycles. The summed E-state index contributed by atoms with van der Waals surface area (Å²) >= 11 is 0. The first-order valence-corrected chi connectivity index (χ1v) is 4.15. The number of halogens is 1. The quantitative estimate of drug-likeness (QED) is 0.720. The summed E-state index contributed by atoms with van der Waals surface area (Å²) in [5.41, 5.74) is 5.86. The summed E-state index contributed by atoms with van der Waals surface area (Å²) in [6.07, 6.45) is 0. The minimum atomic E-state index is -0.336. The van der Waals surface area contributed by atoms with Gasteiger partial charge in [-0.3, -0.25) is 4.79 Å². The number of nitrogens with two attached hydrogens (primary N) is 1. The minimum Gasteiger partial charge on any atom is -0.330 e. The van der Waals surface area contributed by atoms with Crippen molar-refractivity contribution >= 4 is 5.78 Å². The van der Waals surface area contributed by atoms with E-state index in [9.17, 15) is 9.18 Å². The topological polar surface area (TPSA) is 43.1 Å². The number of carbonyl (C=O) groups is 1. The zero-order chi connectivity index (χ0) is 9.84. The van der Waals surface area contributed by atoms with Crippen LogP contribution in [-0.2, 0) is 0 Å². The van der Waals surface area contributed by atoms with Gasteiger partial charge in [0.15, 0.2) is 5.78 Å². The van der Waals surface area contributed by atoms with Crippen molar-refractivity contribution in [3.05, 3.63) is 35.6 Å². The van der Waals surface area contributed by atoms with Crippen LogP contribution in [0.1, 0.15) is 17.3 Å². The van der Waals surface area contributed by atoms with Crippen LogP contribution < -0.4 is 5.73 Å². The molecule has 3 heteroatoms. The smallest absolute Gasteiger partial charge is 0.166 e. The van der Waals surface area contributed by atoms with Gasteiger partial charge in [0.1, 0.15) is 5.82 Å². The van der Waals surface area contributed by atoms with Crippen LogP contribution in [0.5, 0.6) is 0 Å². The highest BCUT2D eigenvalue weighted by Gasteiger charge is 2.12. The Labute approximate surface area is 76.6 Å². The van der Waals surface area contributed by atoms with Crippen molar-refractivity contribution in [2.45, 2.75) is 6.92 Å². The summed E-state index contributed by atoms with van der Waals surface area (Å²) in [6.45, 7) is 2.07. The van der Waals surface area contributed by atoms with E-state index >= 15 is 0 Å². The van der Waals surface area contributed by atoms with Gasteiger partial charge >= 0.3 is 0 Å².